The molecule has 0 bridgehead atoms. The zero-order chi connectivity index (χ0) is 28.8. The number of fused-ring (bicyclic) bond motifs is 2. The third kappa shape index (κ3) is 8.00. The lowest BCUT2D eigenvalue weighted by Crippen LogP contribution is -2.21. The Morgan fingerprint density at radius 1 is 0.897 bits per heavy atom. The summed E-state index contributed by atoms with van der Waals surface area (Å²) in [6.07, 6.45) is -4.96. The molecule has 4 aromatic rings. The molecule has 0 amide bonds. The van der Waals surface area contributed by atoms with Gasteiger partial charge >= 0.3 is 24.3 Å². The van der Waals surface area contributed by atoms with Gasteiger partial charge in [-0.3, -0.25) is 4.98 Å². The first kappa shape index (κ1) is 29.1. The number of thiazole rings is 1. The summed E-state index contributed by atoms with van der Waals surface area (Å²) in [7, 11) is 0. The predicted molar refractivity (Wildman–Crippen MR) is 123 cm³/mol. The topological polar surface area (TPSA) is 132 Å². The number of pyridine rings is 2. The van der Waals surface area contributed by atoms with Gasteiger partial charge in [0, 0.05) is 24.2 Å². The van der Waals surface area contributed by atoms with Gasteiger partial charge in [0.05, 0.1) is 0 Å². The van der Waals surface area contributed by atoms with Gasteiger partial charge in [-0.25, -0.2) is 19.6 Å². The van der Waals surface area contributed by atoms with Crippen molar-refractivity contribution in [3.63, 3.8) is 0 Å². The van der Waals surface area contributed by atoms with Crippen molar-refractivity contribution in [2.45, 2.75) is 18.5 Å². The quantitative estimate of drug-likeness (QED) is 0.296. The molecule has 1 aliphatic rings. The van der Waals surface area contributed by atoms with E-state index in [1.807, 2.05) is 42.6 Å². The zero-order valence-electron chi connectivity index (χ0n) is 19.1. The van der Waals surface area contributed by atoms with Gasteiger partial charge in [0.1, 0.15) is 22.0 Å². The number of para-hydroxylation sites is 2. The second kappa shape index (κ2) is 11.9. The summed E-state index contributed by atoms with van der Waals surface area (Å²) in [5, 5.41) is 15.1. The van der Waals surface area contributed by atoms with Crippen LogP contribution in [0.4, 0.5) is 26.3 Å². The second-order valence-electron chi connectivity index (χ2n) is 7.31. The van der Waals surface area contributed by atoms with E-state index in [1.54, 1.807) is 23.7 Å². The van der Waals surface area contributed by atoms with Crippen molar-refractivity contribution in [1.82, 2.24) is 15.0 Å². The lowest BCUT2D eigenvalue weighted by molar-refractivity contribution is -0.193. The number of carbonyl (C=O) groups is 2. The van der Waals surface area contributed by atoms with Crippen molar-refractivity contribution in [3.8, 4) is 22.6 Å². The molecule has 9 nitrogen and oxygen atoms in total. The molecule has 39 heavy (non-hydrogen) atoms. The third-order valence-corrected chi connectivity index (χ3v) is 5.62. The lowest BCUT2D eigenvalue weighted by Gasteiger charge is -2.24. The number of carboxylic acids is 2. The molecule has 0 fully saturated rings. The minimum Gasteiger partial charge on any atom is -0.485 e. The van der Waals surface area contributed by atoms with E-state index in [-0.39, 0.29) is 6.10 Å². The van der Waals surface area contributed by atoms with Crippen molar-refractivity contribution in [2.24, 2.45) is 0 Å². The van der Waals surface area contributed by atoms with Gasteiger partial charge in [-0.2, -0.15) is 26.3 Å². The smallest absolute Gasteiger partial charge is 0.485 e. The highest BCUT2D eigenvalue weighted by atomic mass is 32.1. The molecule has 16 heteroatoms. The van der Waals surface area contributed by atoms with Crippen LogP contribution in [0.3, 0.4) is 0 Å². The van der Waals surface area contributed by atoms with E-state index in [0.29, 0.717) is 6.61 Å². The van der Waals surface area contributed by atoms with Crippen LogP contribution in [0, 0.1) is 0 Å². The Morgan fingerprint density at radius 2 is 1.46 bits per heavy atom. The Labute approximate surface area is 218 Å². The fourth-order valence-corrected chi connectivity index (χ4v) is 3.73. The van der Waals surface area contributed by atoms with Crippen LogP contribution in [-0.4, -0.2) is 56.1 Å². The van der Waals surface area contributed by atoms with Crippen molar-refractivity contribution < 1.29 is 55.6 Å². The number of hydrogen-bond donors (Lipinski definition) is 2. The molecular formula is C23H15F6N3O6S. The van der Waals surface area contributed by atoms with Gasteiger partial charge in [0.2, 0.25) is 0 Å². The van der Waals surface area contributed by atoms with Crippen molar-refractivity contribution in [2.75, 3.05) is 6.61 Å². The fraction of sp³-hybridized carbons (Fsp3) is 0.174. The van der Waals surface area contributed by atoms with E-state index in [1.165, 1.54) is 0 Å². The number of halogens is 6. The number of hydrogen-bond acceptors (Lipinski definition) is 8. The summed E-state index contributed by atoms with van der Waals surface area (Å²) in [4.78, 5) is 32.0. The Bertz CT molecular complexity index is 1420. The number of benzene rings is 1. The van der Waals surface area contributed by atoms with Crippen molar-refractivity contribution >= 4 is 33.6 Å². The SMILES string of the molecule is O=C(O)C(F)(F)F.O=C(O)C(F)(F)F.c1ccc2c(c1)OC[C@@H](c1nc3cc(-c4ccncc4)cnc3s1)O2. The molecule has 3 aromatic heterocycles. The Balaban J connectivity index is 0.000000251. The first-order valence-electron chi connectivity index (χ1n) is 10.4. The molecule has 0 radical (unpaired) electrons. The van der Waals surface area contributed by atoms with Gasteiger partial charge in [-0.05, 0) is 35.9 Å². The summed E-state index contributed by atoms with van der Waals surface area (Å²) in [5.41, 5.74) is 2.97. The molecule has 4 heterocycles. The second-order valence-corrected chi connectivity index (χ2v) is 8.32. The Morgan fingerprint density at radius 3 is 2.03 bits per heavy atom. The summed E-state index contributed by atoms with van der Waals surface area (Å²) in [6.45, 7) is 0.452. The molecule has 2 N–H and O–H groups in total. The van der Waals surface area contributed by atoms with E-state index < -0.39 is 24.3 Å². The number of alkyl halides is 6. The number of rotatable bonds is 2. The molecule has 1 aliphatic heterocycles. The van der Waals surface area contributed by atoms with Crippen LogP contribution in [0.2, 0.25) is 0 Å². The van der Waals surface area contributed by atoms with Gasteiger partial charge in [0.15, 0.2) is 17.6 Å². The minimum atomic E-state index is -5.08. The van der Waals surface area contributed by atoms with Crippen LogP contribution < -0.4 is 9.47 Å². The molecular weight excluding hydrogens is 560 g/mol. The third-order valence-electron chi connectivity index (χ3n) is 4.55. The molecule has 0 saturated heterocycles. The molecule has 0 saturated carbocycles. The van der Waals surface area contributed by atoms with E-state index in [0.717, 1.165) is 38.0 Å². The van der Waals surface area contributed by atoms with Crippen LogP contribution >= 0.6 is 11.3 Å². The molecule has 0 spiro atoms. The monoisotopic (exact) mass is 575 g/mol. The number of aliphatic carboxylic acids is 2. The largest absolute Gasteiger partial charge is 0.490 e. The van der Waals surface area contributed by atoms with E-state index >= 15 is 0 Å². The standard InChI is InChI=1S/C19H13N3O2S.2C2HF3O2/c1-2-4-16-15(3-1)23-11-17(24-16)19-22-14-9-13(10-21-18(14)25-19)12-5-7-20-8-6-12;2*3-2(4,5)1(6)7/h1-10,17H,11H2;2*(H,6,7)/t17-;;/m0../s1. The normalized spacial score (nSPS) is 14.4. The maximum Gasteiger partial charge on any atom is 0.490 e. The van der Waals surface area contributed by atoms with Crippen molar-refractivity contribution in [3.05, 3.63) is 66.1 Å². The highest BCUT2D eigenvalue weighted by Gasteiger charge is 2.38. The predicted octanol–water partition coefficient (Wildman–Crippen LogP) is 5.53. The average Bonchev–Trinajstić information content (AvgIpc) is 3.32. The summed E-state index contributed by atoms with van der Waals surface area (Å²) < 4.78 is 75.3. The summed E-state index contributed by atoms with van der Waals surface area (Å²) in [5.74, 6) is -3.98. The van der Waals surface area contributed by atoms with Crippen molar-refractivity contribution in [1.29, 1.82) is 0 Å². The molecule has 0 aliphatic carbocycles. The number of ether oxygens (including phenoxy) is 2. The number of carboxylic acid groups (broad SMARTS) is 2. The van der Waals surface area contributed by atoms with Crippen LogP contribution in [0.1, 0.15) is 11.1 Å². The van der Waals surface area contributed by atoms with E-state index in [2.05, 4.69) is 16.0 Å². The Kier molecular flexibility index (Phi) is 8.90. The summed E-state index contributed by atoms with van der Waals surface area (Å²) in [6, 6.07) is 13.7. The van der Waals surface area contributed by atoms with Crippen LogP contribution in [0.15, 0.2) is 61.1 Å². The van der Waals surface area contributed by atoms with Gasteiger partial charge in [-0.1, -0.05) is 23.5 Å². The molecule has 1 aromatic carbocycles. The average molecular weight is 575 g/mol. The number of aromatic nitrogens is 3. The van der Waals surface area contributed by atoms with Gasteiger partial charge in [-0.15, -0.1) is 0 Å². The lowest BCUT2D eigenvalue weighted by atomic mass is 10.1. The fourth-order valence-electron chi connectivity index (χ4n) is 2.82. The summed E-state index contributed by atoms with van der Waals surface area (Å²) >= 11 is 1.54. The molecule has 206 valence electrons. The van der Waals surface area contributed by atoms with Crippen LogP contribution in [0.5, 0.6) is 11.5 Å². The molecule has 1 atom stereocenters. The highest BCUT2D eigenvalue weighted by molar-refractivity contribution is 7.18. The first-order chi connectivity index (χ1) is 18.3. The first-order valence-corrected chi connectivity index (χ1v) is 11.2. The highest BCUT2D eigenvalue weighted by Crippen LogP contribution is 2.38. The Hall–Kier alpha value is -4.47. The maximum atomic E-state index is 10.6. The maximum absolute atomic E-state index is 10.6. The van der Waals surface area contributed by atoms with Crippen LogP contribution in [0.25, 0.3) is 21.5 Å². The van der Waals surface area contributed by atoms with Gasteiger partial charge < -0.3 is 19.7 Å². The van der Waals surface area contributed by atoms with E-state index in [4.69, 9.17) is 34.3 Å². The zero-order valence-corrected chi connectivity index (χ0v) is 19.9. The number of nitrogens with zero attached hydrogens (tertiary/aromatic N) is 3. The molecule has 5 rings (SSSR count). The van der Waals surface area contributed by atoms with E-state index in [9.17, 15) is 26.3 Å². The van der Waals surface area contributed by atoms with Crippen LogP contribution in [-0.2, 0) is 9.59 Å². The minimum absolute atomic E-state index is 0.210. The van der Waals surface area contributed by atoms with Gasteiger partial charge in [0.25, 0.3) is 0 Å². The molecule has 0 unspecified atom stereocenters.